The van der Waals surface area contributed by atoms with Gasteiger partial charge < -0.3 is 10.1 Å². The summed E-state index contributed by atoms with van der Waals surface area (Å²) < 4.78 is 7.46. The maximum absolute atomic E-state index is 5.36. The molecule has 0 aliphatic carbocycles. The van der Waals surface area contributed by atoms with Gasteiger partial charge in [-0.2, -0.15) is 5.10 Å². The van der Waals surface area contributed by atoms with E-state index in [2.05, 4.69) is 28.1 Å². The molecule has 0 spiro atoms. The van der Waals surface area contributed by atoms with Crippen molar-refractivity contribution in [1.82, 2.24) is 15.1 Å². The number of rotatable bonds is 6. The molecule has 1 fully saturated rings. The van der Waals surface area contributed by atoms with Crippen LogP contribution in [0.2, 0.25) is 0 Å². The van der Waals surface area contributed by atoms with Gasteiger partial charge in [-0.15, -0.1) is 0 Å². The Morgan fingerprint density at radius 1 is 1.39 bits per heavy atom. The molecule has 1 saturated heterocycles. The molecule has 2 rings (SSSR count). The predicted octanol–water partition coefficient (Wildman–Crippen LogP) is 1.91. The molecule has 1 aliphatic rings. The van der Waals surface area contributed by atoms with Gasteiger partial charge in [-0.25, -0.2) is 0 Å². The summed E-state index contributed by atoms with van der Waals surface area (Å²) in [5.41, 5.74) is 2.37. The molecule has 0 bridgehead atoms. The first-order valence-electron chi connectivity index (χ1n) is 7.05. The van der Waals surface area contributed by atoms with Crippen LogP contribution in [0.1, 0.15) is 30.7 Å². The van der Waals surface area contributed by atoms with Crippen molar-refractivity contribution >= 4 is 0 Å². The first-order valence-corrected chi connectivity index (χ1v) is 7.05. The summed E-state index contributed by atoms with van der Waals surface area (Å²) in [6.07, 6.45) is 3.57. The zero-order valence-corrected chi connectivity index (χ0v) is 11.6. The van der Waals surface area contributed by atoms with E-state index in [0.717, 1.165) is 50.9 Å². The fraction of sp³-hybridized carbons (Fsp3) is 0.786. The second-order valence-corrected chi connectivity index (χ2v) is 5.26. The molecule has 102 valence electrons. The predicted molar refractivity (Wildman–Crippen MR) is 72.7 cm³/mol. The Morgan fingerprint density at radius 2 is 2.17 bits per heavy atom. The first kappa shape index (κ1) is 13.6. The fourth-order valence-corrected chi connectivity index (χ4v) is 2.51. The molecule has 0 aromatic carbocycles. The lowest BCUT2D eigenvalue weighted by Crippen LogP contribution is -2.28. The van der Waals surface area contributed by atoms with Crippen LogP contribution in [0.4, 0.5) is 0 Å². The van der Waals surface area contributed by atoms with E-state index in [9.17, 15) is 0 Å². The zero-order valence-electron chi connectivity index (χ0n) is 11.6. The standard InChI is InChI=1S/C14H25N3O/c1-12-10-13(2)17(16-12)7-3-6-15-11-14-4-8-18-9-5-14/h10,14-15H,3-9,11H2,1-2H3. The third kappa shape index (κ3) is 4.10. The minimum Gasteiger partial charge on any atom is -0.381 e. The van der Waals surface area contributed by atoms with Gasteiger partial charge >= 0.3 is 0 Å². The van der Waals surface area contributed by atoms with Crippen LogP contribution in [0.25, 0.3) is 0 Å². The van der Waals surface area contributed by atoms with Crippen LogP contribution in [0, 0.1) is 19.8 Å². The van der Waals surface area contributed by atoms with Crippen LogP contribution in [-0.2, 0) is 11.3 Å². The average molecular weight is 251 g/mol. The highest BCUT2D eigenvalue weighted by Crippen LogP contribution is 2.13. The lowest BCUT2D eigenvalue weighted by molar-refractivity contribution is 0.0663. The van der Waals surface area contributed by atoms with Gasteiger partial charge in [0, 0.05) is 25.5 Å². The van der Waals surface area contributed by atoms with Crippen molar-refractivity contribution in [3.05, 3.63) is 17.5 Å². The van der Waals surface area contributed by atoms with Crippen LogP contribution >= 0.6 is 0 Å². The van der Waals surface area contributed by atoms with E-state index >= 15 is 0 Å². The summed E-state index contributed by atoms with van der Waals surface area (Å²) >= 11 is 0. The van der Waals surface area contributed by atoms with Gasteiger partial charge in [0.25, 0.3) is 0 Å². The van der Waals surface area contributed by atoms with Gasteiger partial charge in [0.1, 0.15) is 0 Å². The Bertz CT molecular complexity index is 356. The van der Waals surface area contributed by atoms with E-state index in [1.165, 1.54) is 18.5 Å². The Hall–Kier alpha value is -0.870. The maximum atomic E-state index is 5.36. The van der Waals surface area contributed by atoms with Crippen molar-refractivity contribution in [1.29, 1.82) is 0 Å². The molecule has 0 saturated carbocycles. The van der Waals surface area contributed by atoms with E-state index in [1.54, 1.807) is 0 Å². The number of aryl methyl sites for hydroxylation is 3. The number of aromatic nitrogens is 2. The lowest BCUT2D eigenvalue weighted by Gasteiger charge is -2.22. The highest BCUT2D eigenvalue weighted by atomic mass is 16.5. The summed E-state index contributed by atoms with van der Waals surface area (Å²) in [7, 11) is 0. The second kappa shape index (κ2) is 6.90. The molecule has 0 radical (unpaired) electrons. The number of nitrogens with one attached hydrogen (secondary N) is 1. The van der Waals surface area contributed by atoms with Crippen molar-refractivity contribution in [2.24, 2.45) is 5.92 Å². The summed E-state index contributed by atoms with van der Waals surface area (Å²) in [5, 5.41) is 8.03. The monoisotopic (exact) mass is 251 g/mol. The molecular formula is C14H25N3O. The molecular weight excluding hydrogens is 226 g/mol. The van der Waals surface area contributed by atoms with Crippen LogP contribution in [0.15, 0.2) is 6.07 Å². The zero-order chi connectivity index (χ0) is 12.8. The summed E-state index contributed by atoms with van der Waals surface area (Å²) in [6.45, 7) is 9.29. The van der Waals surface area contributed by atoms with Crippen molar-refractivity contribution in [2.75, 3.05) is 26.3 Å². The number of nitrogens with zero attached hydrogens (tertiary/aromatic N) is 2. The second-order valence-electron chi connectivity index (χ2n) is 5.26. The van der Waals surface area contributed by atoms with Crippen LogP contribution in [0.3, 0.4) is 0 Å². The average Bonchev–Trinajstić information content (AvgIpc) is 2.69. The number of hydrogen-bond donors (Lipinski definition) is 1. The van der Waals surface area contributed by atoms with Gasteiger partial charge in [-0.3, -0.25) is 4.68 Å². The smallest absolute Gasteiger partial charge is 0.0596 e. The molecule has 1 aromatic heterocycles. The Labute approximate surface area is 110 Å². The van der Waals surface area contributed by atoms with Gasteiger partial charge in [0.05, 0.1) is 5.69 Å². The Balaban J connectivity index is 1.57. The van der Waals surface area contributed by atoms with Crippen molar-refractivity contribution in [2.45, 2.75) is 39.7 Å². The maximum Gasteiger partial charge on any atom is 0.0596 e. The summed E-state index contributed by atoms with van der Waals surface area (Å²) in [5.74, 6) is 0.812. The van der Waals surface area contributed by atoms with Crippen molar-refractivity contribution < 1.29 is 4.74 Å². The fourth-order valence-electron chi connectivity index (χ4n) is 2.51. The largest absolute Gasteiger partial charge is 0.381 e. The molecule has 2 heterocycles. The normalized spacial score (nSPS) is 17.2. The molecule has 1 aromatic rings. The molecule has 18 heavy (non-hydrogen) atoms. The molecule has 0 unspecified atom stereocenters. The molecule has 1 N–H and O–H groups in total. The quantitative estimate of drug-likeness (QED) is 0.785. The van der Waals surface area contributed by atoms with Crippen LogP contribution < -0.4 is 5.32 Å². The number of hydrogen-bond acceptors (Lipinski definition) is 3. The minimum absolute atomic E-state index is 0.812. The molecule has 0 atom stereocenters. The minimum atomic E-state index is 0.812. The molecule has 0 amide bonds. The summed E-state index contributed by atoms with van der Waals surface area (Å²) in [4.78, 5) is 0. The van der Waals surface area contributed by atoms with Gasteiger partial charge in [-0.1, -0.05) is 0 Å². The van der Waals surface area contributed by atoms with Crippen LogP contribution in [-0.4, -0.2) is 36.1 Å². The van der Waals surface area contributed by atoms with Crippen LogP contribution in [0.5, 0.6) is 0 Å². The molecule has 4 nitrogen and oxygen atoms in total. The summed E-state index contributed by atoms with van der Waals surface area (Å²) in [6, 6.07) is 2.13. The van der Waals surface area contributed by atoms with Crippen molar-refractivity contribution in [3.63, 3.8) is 0 Å². The van der Waals surface area contributed by atoms with Crippen molar-refractivity contribution in [3.8, 4) is 0 Å². The van der Waals surface area contributed by atoms with E-state index < -0.39 is 0 Å². The lowest BCUT2D eigenvalue weighted by atomic mass is 10.0. The highest BCUT2D eigenvalue weighted by Gasteiger charge is 2.12. The number of ether oxygens (including phenoxy) is 1. The third-order valence-electron chi connectivity index (χ3n) is 3.60. The Kier molecular flexibility index (Phi) is 5.20. The van der Waals surface area contributed by atoms with Gasteiger partial charge in [0.2, 0.25) is 0 Å². The third-order valence-corrected chi connectivity index (χ3v) is 3.60. The molecule has 4 heteroatoms. The van der Waals surface area contributed by atoms with E-state index in [1.807, 2.05) is 6.92 Å². The van der Waals surface area contributed by atoms with E-state index in [-0.39, 0.29) is 0 Å². The SMILES string of the molecule is Cc1cc(C)n(CCCNCC2CCOCC2)n1. The van der Waals surface area contributed by atoms with Gasteiger partial charge in [-0.05, 0) is 58.2 Å². The van der Waals surface area contributed by atoms with E-state index in [4.69, 9.17) is 4.74 Å². The topological polar surface area (TPSA) is 39.1 Å². The van der Waals surface area contributed by atoms with E-state index in [0.29, 0.717) is 0 Å². The first-order chi connectivity index (χ1) is 8.75. The van der Waals surface area contributed by atoms with Gasteiger partial charge in [0.15, 0.2) is 0 Å². The highest BCUT2D eigenvalue weighted by molar-refractivity contribution is 5.06. The Morgan fingerprint density at radius 3 is 2.83 bits per heavy atom. The molecule has 1 aliphatic heterocycles.